The summed E-state index contributed by atoms with van der Waals surface area (Å²) >= 11 is 0. The summed E-state index contributed by atoms with van der Waals surface area (Å²) in [6.45, 7) is 2.13. The summed E-state index contributed by atoms with van der Waals surface area (Å²) in [7, 11) is 1.81. The number of hydrogen-bond donors (Lipinski definition) is 2. The number of anilines is 1. The average molecular weight is 261 g/mol. The van der Waals surface area contributed by atoms with E-state index in [2.05, 4.69) is 15.7 Å². The van der Waals surface area contributed by atoms with Crippen molar-refractivity contribution in [1.29, 1.82) is 0 Å². The maximum Gasteiger partial charge on any atom is 0.226 e. The first-order valence-electron chi connectivity index (χ1n) is 5.33. The van der Waals surface area contributed by atoms with Crippen LogP contribution in [-0.4, -0.2) is 41.5 Å². The molecule has 1 aromatic heterocycles. The number of aromatic nitrogens is 2. The number of nitrogens with one attached hydrogen (secondary N) is 2. The van der Waals surface area contributed by atoms with Crippen LogP contribution < -0.4 is 10.6 Å². The standard InChI is InChI=1S/C10H16N4O2.ClH/c1-14-6-9(5-12-14)13-10(15)4-8-7-16-3-2-11-8;/h5-6,8,11H,2-4,7H2,1H3,(H,13,15);1H. The zero-order valence-electron chi connectivity index (χ0n) is 9.68. The summed E-state index contributed by atoms with van der Waals surface area (Å²) in [5, 5.41) is 10.0. The molecular weight excluding hydrogens is 244 g/mol. The van der Waals surface area contributed by atoms with E-state index < -0.39 is 0 Å². The molecule has 7 heteroatoms. The van der Waals surface area contributed by atoms with Gasteiger partial charge in [0.05, 0.1) is 25.1 Å². The van der Waals surface area contributed by atoms with E-state index in [0.717, 1.165) is 18.8 Å². The number of hydrogen-bond acceptors (Lipinski definition) is 4. The second-order valence-corrected chi connectivity index (χ2v) is 3.88. The zero-order valence-corrected chi connectivity index (χ0v) is 10.5. The lowest BCUT2D eigenvalue weighted by Crippen LogP contribution is -2.43. The molecule has 1 amide bonds. The SMILES string of the molecule is Cl.Cn1cc(NC(=O)CC2COCCN2)cn1. The Morgan fingerprint density at radius 2 is 2.59 bits per heavy atom. The summed E-state index contributed by atoms with van der Waals surface area (Å²) in [6.07, 6.45) is 3.82. The largest absolute Gasteiger partial charge is 0.378 e. The van der Waals surface area contributed by atoms with E-state index in [4.69, 9.17) is 4.74 Å². The molecule has 1 aliphatic rings. The van der Waals surface area contributed by atoms with Gasteiger partial charge >= 0.3 is 0 Å². The molecule has 2 heterocycles. The molecule has 17 heavy (non-hydrogen) atoms. The van der Waals surface area contributed by atoms with Crippen molar-refractivity contribution < 1.29 is 9.53 Å². The Labute approximate surface area is 106 Å². The van der Waals surface area contributed by atoms with Gasteiger partial charge in [0, 0.05) is 32.3 Å². The molecule has 1 fully saturated rings. The van der Waals surface area contributed by atoms with Gasteiger partial charge in [-0.3, -0.25) is 9.48 Å². The van der Waals surface area contributed by atoms with Crippen LogP contribution in [0.3, 0.4) is 0 Å². The summed E-state index contributed by atoms with van der Waals surface area (Å²) in [6, 6.07) is 0.116. The summed E-state index contributed by atoms with van der Waals surface area (Å²) < 4.78 is 6.93. The second-order valence-electron chi connectivity index (χ2n) is 3.88. The van der Waals surface area contributed by atoms with Gasteiger partial charge in [-0.25, -0.2) is 0 Å². The van der Waals surface area contributed by atoms with Crippen LogP contribution in [0.1, 0.15) is 6.42 Å². The van der Waals surface area contributed by atoms with Gasteiger partial charge in [0.1, 0.15) is 0 Å². The van der Waals surface area contributed by atoms with Crippen molar-refractivity contribution in [3.05, 3.63) is 12.4 Å². The number of nitrogens with zero attached hydrogens (tertiary/aromatic N) is 2. The molecule has 0 bridgehead atoms. The van der Waals surface area contributed by atoms with E-state index in [1.54, 1.807) is 17.1 Å². The lowest BCUT2D eigenvalue weighted by atomic mass is 10.2. The monoisotopic (exact) mass is 260 g/mol. The van der Waals surface area contributed by atoms with E-state index in [1.807, 2.05) is 7.05 Å². The van der Waals surface area contributed by atoms with Gasteiger partial charge in [-0.05, 0) is 0 Å². The molecule has 0 aromatic carbocycles. The van der Waals surface area contributed by atoms with Gasteiger partial charge in [0.2, 0.25) is 5.91 Å². The topological polar surface area (TPSA) is 68.2 Å². The molecule has 0 aliphatic carbocycles. The molecule has 1 unspecified atom stereocenters. The number of halogens is 1. The van der Waals surface area contributed by atoms with E-state index in [0.29, 0.717) is 13.0 Å². The van der Waals surface area contributed by atoms with Gasteiger partial charge < -0.3 is 15.4 Å². The highest BCUT2D eigenvalue weighted by Gasteiger charge is 2.16. The van der Waals surface area contributed by atoms with Crippen LogP contribution in [0.4, 0.5) is 5.69 Å². The third kappa shape index (κ3) is 4.33. The molecule has 96 valence electrons. The minimum Gasteiger partial charge on any atom is -0.378 e. The normalized spacial score (nSPS) is 19.5. The van der Waals surface area contributed by atoms with Gasteiger partial charge in [-0.1, -0.05) is 0 Å². The van der Waals surface area contributed by atoms with Gasteiger partial charge in [-0.2, -0.15) is 5.10 Å². The first-order valence-corrected chi connectivity index (χ1v) is 5.33. The number of morpholine rings is 1. The molecular formula is C10H17ClN4O2. The number of carbonyl (C=O) groups is 1. The average Bonchev–Trinajstić information content (AvgIpc) is 2.65. The van der Waals surface area contributed by atoms with Crippen molar-refractivity contribution in [2.45, 2.75) is 12.5 Å². The van der Waals surface area contributed by atoms with Gasteiger partial charge in [0.25, 0.3) is 0 Å². The second kappa shape index (κ2) is 6.58. The minimum absolute atomic E-state index is 0. The molecule has 0 saturated carbocycles. The fraction of sp³-hybridized carbons (Fsp3) is 0.600. The van der Waals surface area contributed by atoms with Crippen LogP contribution in [0.15, 0.2) is 12.4 Å². The smallest absolute Gasteiger partial charge is 0.226 e. The summed E-state index contributed by atoms with van der Waals surface area (Å²) in [5.74, 6) is -0.0176. The lowest BCUT2D eigenvalue weighted by Gasteiger charge is -2.23. The Hall–Kier alpha value is -1.11. The Balaban J connectivity index is 0.00000144. The molecule has 0 spiro atoms. The molecule has 1 aromatic rings. The van der Waals surface area contributed by atoms with Crippen LogP contribution in [-0.2, 0) is 16.6 Å². The van der Waals surface area contributed by atoms with Crippen LogP contribution in [0.5, 0.6) is 0 Å². The third-order valence-corrected chi connectivity index (χ3v) is 2.42. The molecule has 1 saturated heterocycles. The molecule has 2 N–H and O–H groups in total. The fourth-order valence-electron chi connectivity index (χ4n) is 1.67. The zero-order chi connectivity index (χ0) is 11.4. The predicted octanol–water partition coefficient (Wildman–Crippen LogP) is 0.159. The van der Waals surface area contributed by atoms with Crippen molar-refractivity contribution in [3.63, 3.8) is 0 Å². The number of ether oxygens (including phenoxy) is 1. The van der Waals surface area contributed by atoms with Crippen molar-refractivity contribution in [2.75, 3.05) is 25.1 Å². The van der Waals surface area contributed by atoms with Crippen LogP contribution in [0, 0.1) is 0 Å². The van der Waals surface area contributed by atoms with E-state index in [-0.39, 0.29) is 24.4 Å². The number of carbonyl (C=O) groups excluding carboxylic acids is 1. The number of rotatable bonds is 3. The Morgan fingerprint density at radius 3 is 3.18 bits per heavy atom. The highest BCUT2D eigenvalue weighted by Crippen LogP contribution is 2.06. The van der Waals surface area contributed by atoms with Crippen molar-refractivity contribution in [2.24, 2.45) is 7.05 Å². The lowest BCUT2D eigenvalue weighted by molar-refractivity contribution is -0.117. The van der Waals surface area contributed by atoms with E-state index in [1.165, 1.54) is 0 Å². The van der Waals surface area contributed by atoms with Crippen molar-refractivity contribution in [1.82, 2.24) is 15.1 Å². The van der Waals surface area contributed by atoms with E-state index >= 15 is 0 Å². The molecule has 6 nitrogen and oxygen atoms in total. The van der Waals surface area contributed by atoms with Crippen molar-refractivity contribution in [3.8, 4) is 0 Å². The third-order valence-electron chi connectivity index (χ3n) is 2.42. The first kappa shape index (κ1) is 14.0. The van der Waals surface area contributed by atoms with Gasteiger partial charge in [0.15, 0.2) is 0 Å². The van der Waals surface area contributed by atoms with Crippen molar-refractivity contribution >= 4 is 24.0 Å². The highest BCUT2D eigenvalue weighted by molar-refractivity contribution is 5.90. The van der Waals surface area contributed by atoms with Gasteiger partial charge in [-0.15, -0.1) is 12.4 Å². The maximum atomic E-state index is 11.6. The summed E-state index contributed by atoms with van der Waals surface area (Å²) in [5.41, 5.74) is 0.726. The number of amides is 1. The molecule has 1 atom stereocenters. The van der Waals surface area contributed by atoms with Crippen LogP contribution in [0.2, 0.25) is 0 Å². The van der Waals surface area contributed by atoms with Crippen LogP contribution >= 0.6 is 12.4 Å². The maximum absolute atomic E-state index is 11.6. The Morgan fingerprint density at radius 1 is 1.76 bits per heavy atom. The van der Waals surface area contributed by atoms with Crippen LogP contribution in [0.25, 0.3) is 0 Å². The highest BCUT2D eigenvalue weighted by atomic mass is 35.5. The van der Waals surface area contributed by atoms with E-state index in [9.17, 15) is 4.79 Å². The quantitative estimate of drug-likeness (QED) is 0.812. The Kier molecular flexibility index (Phi) is 5.40. The fourth-order valence-corrected chi connectivity index (χ4v) is 1.67. The predicted molar refractivity (Wildman–Crippen MR) is 66.3 cm³/mol. The number of aryl methyl sites for hydroxylation is 1. The summed E-state index contributed by atoms with van der Waals surface area (Å²) in [4.78, 5) is 11.6. The first-order chi connectivity index (χ1) is 7.74. The molecule has 0 radical (unpaired) electrons. The minimum atomic E-state index is -0.0176. The Bertz CT molecular complexity index is 363. The molecule has 2 rings (SSSR count). The molecule has 1 aliphatic heterocycles.